The zero-order valence-corrected chi connectivity index (χ0v) is 21.8. The third-order valence-electron chi connectivity index (χ3n) is 6.70. The quantitative estimate of drug-likeness (QED) is 0.265. The molecule has 0 radical (unpaired) electrons. The molecule has 1 fully saturated rings. The van der Waals surface area contributed by atoms with Gasteiger partial charge in [0.15, 0.2) is 0 Å². The van der Waals surface area contributed by atoms with Gasteiger partial charge >= 0.3 is 5.97 Å². The van der Waals surface area contributed by atoms with Crippen LogP contribution in [0.15, 0.2) is 36.7 Å². The molecule has 9 heteroatoms. The van der Waals surface area contributed by atoms with Crippen molar-refractivity contribution in [2.45, 2.75) is 52.7 Å². The van der Waals surface area contributed by atoms with Gasteiger partial charge in [-0.1, -0.05) is 12.1 Å². The molecule has 196 valence electrons. The van der Waals surface area contributed by atoms with Gasteiger partial charge in [-0.15, -0.1) is 0 Å². The summed E-state index contributed by atoms with van der Waals surface area (Å²) in [6.45, 7) is 13.6. The molecule has 0 saturated carbocycles. The monoisotopic (exact) mass is 496 g/mol. The minimum absolute atomic E-state index is 0.303. The van der Waals surface area contributed by atoms with Gasteiger partial charge in [0.2, 0.25) is 0 Å². The van der Waals surface area contributed by atoms with Crippen molar-refractivity contribution in [2.24, 2.45) is 0 Å². The van der Waals surface area contributed by atoms with E-state index >= 15 is 0 Å². The Morgan fingerprint density at radius 1 is 0.972 bits per heavy atom. The van der Waals surface area contributed by atoms with Gasteiger partial charge < -0.3 is 18.9 Å². The lowest BCUT2D eigenvalue weighted by Gasteiger charge is -2.22. The number of ether oxygens (including phenoxy) is 2. The van der Waals surface area contributed by atoms with Crippen LogP contribution in [0.1, 0.15) is 49.3 Å². The third kappa shape index (κ3) is 7.15. The van der Waals surface area contributed by atoms with Crippen LogP contribution in [0.5, 0.6) is 0 Å². The van der Waals surface area contributed by atoms with Gasteiger partial charge in [0.25, 0.3) is 0 Å². The summed E-state index contributed by atoms with van der Waals surface area (Å²) in [4.78, 5) is 21.9. The summed E-state index contributed by atoms with van der Waals surface area (Å²) in [5.41, 5.74) is 2.78. The number of fused-ring (bicyclic) bond motifs is 1. The molecular formula is C27H40N6O3. The maximum atomic E-state index is 11.8. The molecule has 0 aliphatic carbocycles. The van der Waals surface area contributed by atoms with E-state index in [9.17, 15) is 4.79 Å². The van der Waals surface area contributed by atoms with Gasteiger partial charge in [-0.25, -0.2) is 9.78 Å². The lowest BCUT2D eigenvalue weighted by atomic mass is 10.2. The largest absolute Gasteiger partial charge is 0.462 e. The maximum Gasteiger partial charge on any atom is 0.341 e. The van der Waals surface area contributed by atoms with E-state index in [2.05, 4.69) is 43.7 Å². The van der Waals surface area contributed by atoms with Crippen molar-refractivity contribution in [1.82, 2.24) is 29.1 Å². The summed E-state index contributed by atoms with van der Waals surface area (Å²) in [7, 11) is 0. The fraction of sp³-hybridized carbons (Fsp3) is 0.593. The van der Waals surface area contributed by atoms with Crippen molar-refractivity contribution in [3.05, 3.63) is 48.0 Å². The Labute approximate surface area is 214 Å². The molecule has 2 aromatic heterocycles. The van der Waals surface area contributed by atoms with Crippen LogP contribution in [0.4, 0.5) is 0 Å². The Morgan fingerprint density at radius 2 is 1.78 bits per heavy atom. The van der Waals surface area contributed by atoms with Crippen LogP contribution in [0.25, 0.3) is 11.0 Å². The topological polar surface area (TPSA) is 77.7 Å². The van der Waals surface area contributed by atoms with Crippen LogP contribution < -0.4 is 0 Å². The first kappa shape index (κ1) is 26.3. The average molecular weight is 497 g/mol. The van der Waals surface area contributed by atoms with Gasteiger partial charge in [-0.3, -0.25) is 9.58 Å². The van der Waals surface area contributed by atoms with E-state index < -0.39 is 0 Å². The molecular weight excluding hydrogens is 456 g/mol. The second kappa shape index (κ2) is 13.5. The number of hydrogen-bond donors (Lipinski definition) is 0. The molecule has 1 aromatic carbocycles. The van der Waals surface area contributed by atoms with E-state index in [-0.39, 0.29) is 5.97 Å². The highest BCUT2D eigenvalue weighted by atomic mass is 16.5. The number of unbranched alkanes of at least 4 members (excludes halogenated alkanes) is 1. The number of rotatable bonds is 13. The summed E-state index contributed by atoms with van der Waals surface area (Å²) in [6.07, 6.45) is 6.69. The highest BCUT2D eigenvalue weighted by molar-refractivity contribution is 5.88. The second-order valence-corrected chi connectivity index (χ2v) is 9.26. The molecule has 0 unspecified atom stereocenters. The van der Waals surface area contributed by atoms with E-state index in [1.54, 1.807) is 12.4 Å². The molecule has 1 aliphatic rings. The van der Waals surface area contributed by atoms with Crippen molar-refractivity contribution in [1.29, 1.82) is 0 Å². The number of para-hydroxylation sites is 2. The van der Waals surface area contributed by atoms with Crippen LogP contribution in [0.2, 0.25) is 0 Å². The predicted octanol–water partition coefficient (Wildman–Crippen LogP) is 3.43. The number of nitrogens with zero attached hydrogens (tertiary/aromatic N) is 6. The summed E-state index contributed by atoms with van der Waals surface area (Å²) in [5.74, 6) is 0.827. The minimum atomic E-state index is -0.303. The first-order valence-electron chi connectivity index (χ1n) is 13.3. The fourth-order valence-electron chi connectivity index (χ4n) is 4.82. The van der Waals surface area contributed by atoms with Crippen LogP contribution >= 0.6 is 0 Å². The number of benzene rings is 1. The molecule has 3 heterocycles. The zero-order chi connectivity index (χ0) is 25.2. The van der Waals surface area contributed by atoms with Gasteiger partial charge in [0.1, 0.15) is 5.82 Å². The molecule has 0 N–H and O–H groups in total. The second-order valence-electron chi connectivity index (χ2n) is 9.26. The van der Waals surface area contributed by atoms with Gasteiger partial charge in [0, 0.05) is 39.0 Å². The van der Waals surface area contributed by atoms with E-state index in [0.29, 0.717) is 18.8 Å². The van der Waals surface area contributed by atoms with Crippen LogP contribution in [-0.2, 0) is 29.1 Å². The van der Waals surface area contributed by atoms with Crippen molar-refractivity contribution in [2.75, 3.05) is 52.5 Å². The van der Waals surface area contributed by atoms with E-state index in [0.717, 1.165) is 83.1 Å². The Bertz CT molecular complexity index is 1090. The molecule has 3 aromatic rings. The zero-order valence-electron chi connectivity index (χ0n) is 21.8. The van der Waals surface area contributed by atoms with Crippen LogP contribution in [-0.4, -0.2) is 87.6 Å². The first-order chi connectivity index (χ1) is 17.7. The van der Waals surface area contributed by atoms with Crippen molar-refractivity contribution >= 4 is 17.0 Å². The maximum absolute atomic E-state index is 11.8. The lowest BCUT2D eigenvalue weighted by Crippen LogP contribution is -2.32. The van der Waals surface area contributed by atoms with Crippen molar-refractivity contribution in [3.8, 4) is 0 Å². The van der Waals surface area contributed by atoms with E-state index in [1.165, 1.54) is 11.9 Å². The molecule has 0 spiro atoms. The highest BCUT2D eigenvalue weighted by Crippen LogP contribution is 2.18. The van der Waals surface area contributed by atoms with Crippen molar-refractivity contribution in [3.63, 3.8) is 0 Å². The molecule has 0 bridgehead atoms. The number of aromatic nitrogens is 4. The SMILES string of the molecule is CCOCCn1c(CN2CCCN(CCCCn3cc(C(=O)OCC)cn3)CC2)nc2ccccc21. The number of aryl methyl sites for hydroxylation is 1. The van der Waals surface area contributed by atoms with Crippen LogP contribution in [0.3, 0.4) is 0 Å². The summed E-state index contributed by atoms with van der Waals surface area (Å²) >= 11 is 0. The Kier molecular flexibility index (Phi) is 9.89. The number of carbonyl (C=O) groups excluding carboxylic acids is 1. The molecule has 1 saturated heterocycles. The third-order valence-corrected chi connectivity index (χ3v) is 6.70. The number of esters is 1. The molecule has 4 rings (SSSR count). The van der Waals surface area contributed by atoms with E-state index in [1.807, 2.05) is 18.5 Å². The number of hydrogen-bond acceptors (Lipinski definition) is 7. The highest BCUT2D eigenvalue weighted by Gasteiger charge is 2.18. The summed E-state index contributed by atoms with van der Waals surface area (Å²) in [5, 5.41) is 4.29. The Balaban J connectivity index is 1.23. The normalized spacial score (nSPS) is 15.4. The molecule has 36 heavy (non-hydrogen) atoms. The van der Waals surface area contributed by atoms with Gasteiger partial charge in [-0.05, 0) is 64.9 Å². The fourth-order valence-corrected chi connectivity index (χ4v) is 4.82. The number of carbonyl (C=O) groups is 1. The Hall–Kier alpha value is -2.75. The molecule has 0 amide bonds. The standard InChI is InChI=1S/C27H40N6O3/c1-3-35-19-18-33-25-11-6-5-10-24(25)29-26(33)22-31-14-9-13-30(16-17-31)12-7-8-15-32-21-23(20-28-32)27(34)36-4-2/h5-6,10-11,20-21H,3-4,7-9,12-19,22H2,1-2H3. The average Bonchev–Trinajstić information content (AvgIpc) is 3.42. The number of imidazole rings is 1. The summed E-state index contributed by atoms with van der Waals surface area (Å²) < 4.78 is 14.8. The summed E-state index contributed by atoms with van der Waals surface area (Å²) in [6, 6.07) is 8.39. The molecule has 1 aliphatic heterocycles. The van der Waals surface area contributed by atoms with Crippen LogP contribution in [0, 0.1) is 0 Å². The smallest absolute Gasteiger partial charge is 0.341 e. The van der Waals surface area contributed by atoms with Gasteiger partial charge in [-0.2, -0.15) is 5.10 Å². The van der Waals surface area contributed by atoms with Crippen molar-refractivity contribution < 1.29 is 14.3 Å². The first-order valence-corrected chi connectivity index (χ1v) is 13.3. The molecule has 9 nitrogen and oxygen atoms in total. The molecule has 0 atom stereocenters. The van der Waals surface area contributed by atoms with E-state index in [4.69, 9.17) is 14.5 Å². The van der Waals surface area contributed by atoms with Gasteiger partial charge in [0.05, 0.1) is 42.6 Å². The minimum Gasteiger partial charge on any atom is -0.462 e. The lowest BCUT2D eigenvalue weighted by molar-refractivity contribution is 0.0526. The Morgan fingerprint density at radius 3 is 2.64 bits per heavy atom. The predicted molar refractivity (Wildman–Crippen MR) is 140 cm³/mol.